The first-order chi connectivity index (χ1) is 13.1. The zero-order valence-electron chi connectivity index (χ0n) is 15.9. The number of aryl methyl sites for hydroxylation is 2. The van der Waals surface area contributed by atoms with Gasteiger partial charge in [0.2, 0.25) is 0 Å². The first kappa shape index (κ1) is 17.7. The Hall–Kier alpha value is -2.75. The molecule has 4 heteroatoms. The molecule has 1 N–H and O–H groups in total. The smallest absolute Gasteiger partial charge is 0.311 e. The van der Waals surface area contributed by atoms with E-state index in [4.69, 9.17) is 4.74 Å². The van der Waals surface area contributed by atoms with Gasteiger partial charge in [-0.05, 0) is 60.2 Å². The molecular formula is C23H25NO3. The summed E-state index contributed by atoms with van der Waals surface area (Å²) in [5.41, 5.74) is 5.27. The van der Waals surface area contributed by atoms with E-state index in [1.54, 1.807) is 0 Å². The van der Waals surface area contributed by atoms with Gasteiger partial charge in [0.15, 0.2) is 0 Å². The summed E-state index contributed by atoms with van der Waals surface area (Å²) in [6.45, 7) is 2.81. The summed E-state index contributed by atoms with van der Waals surface area (Å²) in [5, 5.41) is 11.0. The number of carboxylic acid groups (broad SMARTS) is 1. The fourth-order valence-electron chi connectivity index (χ4n) is 4.31. The summed E-state index contributed by atoms with van der Waals surface area (Å²) in [5.74, 6) is -0.312. The molecule has 4 nitrogen and oxygen atoms in total. The molecule has 1 aliphatic rings. The molecule has 0 amide bonds. The molecule has 140 valence electrons. The minimum Gasteiger partial charge on any atom is -0.493 e. The van der Waals surface area contributed by atoms with Crippen LogP contribution in [0, 0.1) is 0 Å². The van der Waals surface area contributed by atoms with Crippen LogP contribution in [0.25, 0.3) is 22.2 Å². The summed E-state index contributed by atoms with van der Waals surface area (Å²) < 4.78 is 7.90. The highest BCUT2D eigenvalue weighted by molar-refractivity contribution is 5.96. The molecular weight excluding hydrogens is 338 g/mol. The molecule has 2 heterocycles. The van der Waals surface area contributed by atoms with Crippen molar-refractivity contribution in [3.8, 4) is 17.0 Å². The van der Waals surface area contributed by atoms with Gasteiger partial charge in [0.05, 0.1) is 18.2 Å². The second kappa shape index (κ2) is 7.10. The third-order valence-corrected chi connectivity index (χ3v) is 5.55. The number of para-hydroxylation sites is 1. The van der Waals surface area contributed by atoms with E-state index in [2.05, 4.69) is 22.8 Å². The van der Waals surface area contributed by atoms with Gasteiger partial charge < -0.3 is 14.4 Å². The van der Waals surface area contributed by atoms with Gasteiger partial charge in [-0.3, -0.25) is 4.79 Å². The molecule has 0 spiro atoms. The summed E-state index contributed by atoms with van der Waals surface area (Å²) in [6, 6.07) is 14.4. The Balaban J connectivity index is 1.98. The van der Waals surface area contributed by atoms with Crippen LogP contribution in [0.15, 0.2) is 42.5 Å². The van der Waals surface area contributed by atoms with E-state index in [9.17, 15) is 9.90 Å². The van der Waals surface area contributed by atoms with Crippen LogP contribution in [0.4, 0.5) is 0 Å². The third kappa shape index (κ3) is 2.99. The van der Waals surface area contributed by atoms with Gasteiger partial charge in [-0.25, -0.2) is 0 Å². The lowest BCUT2D eigenvalue weighted by atomic mass is 9.89. The number of rotatable bonds is 5. The van der Waals surface area contributed by atoms with Gasteiger partial charge >= 0.3 is 5.97 Å². The molecule has 2 aromatic carbocycles. The van der Waals surface area contributed by atoms with Crippen LogP contribution >= 0.6 is 0 Å². The Kier molecular flexibility index (Phi) is 4.65. The number of carboxylic acids is 1. The molecule has 0 saturated carbocycles. The molecule has 1 aromatic heterocycles. The minimum atomic E-state index is -0.754. The minimum absolute atomic E-state index is 0.511. The summed E-state index contributed by atoms with van der Waals surface area (Å²) >= 11 is 0. The molecule has 1 unspecified atom stereocenters. The number of hydrogen-bond donors (Lipinski definition) is 1. The molecule has 0 fully saturated rings. The van der Waals surface area contributed by atoms with E-state index in [1.165, 1.54) is 5.56 Å². The van der Waals surface area contributed by atoms with Crippen molar-refractivity contribution in [2.75, 3.05) is 6.61 Å². The Morgan fingerprint density at radius 2 is 2.07 bits per heavy atom. The van der Waals surface area contributed by atoms with Crippen LogP contribution in [0.1, 0.15) is 43.2 Å². The van der Waals surface area contributed by atoms with Crippen molar-refractivity contribution < 1.29 is 14.6 Å². The van der Waals surface area contributed by atoms with Crippen LogP contribution in [0.2, 0.25) is 0 Å². The quantitative estimate of drug-likeness (QED) is 0.683. The molecule has 4 rings (SSSR count). The molecule has 3 aromatic rings. The monoisotopic (exact) mass is 363 g/mol. The topological polar surface area (TPSA) is 51.5 Å². The SMILES string of the molecule is CCCC(C(=O)O)c1c(-c2ccc3c(c2)CCCO3)n(C)c2ccccc12. The second-order valence-corrected chi connectivity index (χ2v) is 7.29. The fourth-order valence-corrected chi connectivity index (χ4v) is 4.31. The van der Waals surface area contributed by atoms with Crippen LogP contribution in [-0.4, -0.2) is 22.2 Å². The van der Waals surface area contributed by atoms with Crippen LogP contribution in [-0.2, 0) is 18.3 Å². The molecule has 1 aliphatic heterocycles. The molecule has 0 radical (unpaired) electrons. The first-order valence-electron chi connectivity index (χ1n) is 9.68. The standard InChI is InChI=1S/C23H25NO3/c1-3-7-18(23(25)26)21-17-9-4-5-10-19(17)24(2)22(21)16-11-12-20-15(14-16)8-6-13-27-20/h4-5,9-12,14,18H,3,6-8,13H2,1-2H3,(H,25,26). The van der Waals surface area contributed by atoms with Gasteiger partial charge in [0.25, 0.3) is 0 Å². The average molecular weight is 363 g/mol. The average Bonchev–Trinajstić information content (AvgIpc) is 2.98. The van der Waals surface area contributed by atoms with Crippen molar-refractivity contribution in [2.45, 2.75) is 38.5 Å². The van der Waals surface area contributed by atoms with Crippen LogP contribution in [0.3, 0.4) is 0 Å². The van der Waals surface area contributed by atoms with Crippen molar-refractivity contribution in [3.63, 3.8) is 0 Å². The number of ether oxygens (including phenoxy) is 1. The number of aromatic nitrogens is 1. The zero-order chi connectivity index (χ0) is 19.0. The van der Waals surface area contributed by atoms with Gasteiger partial charge in [-0.1, -0.05) is 31.5 Å². The number of nitrogens with zero attached hydrogens (tertiary/aromatic N) is 1. The maximum Gasteiger partial charge on any atom is 0.311 e. The molecule has 1 atom stereocenters. The molecule has 0 bridgehead atoms. The van der Waals surface area contributed by atoms with Crippen molar-refractivity contribution in [1.29, 1.82) is 0 Å². The zero-order valence-corrected chi connectivity index (χ0v) is 15.9. The van der Waals surface area contributed by atoms with Crippen molar-refractivity contribution >= 4 is 16.9 Å². The van der Waals surface area contributed by atoms with E-state index >= 15 is 0 Å². The second-order valence-electron chi connectivity index (χ2n) is 7.29. The lowest BCUT2D eigenvalue weighted by Gasteiger charge is -2.20. The highest BCUT2D eigenvalue weighted by Crippen LogP contribution is 2.41. The number of benzene rings is 2. The largest absolute Gasteiger partial charge is 0.493 e. The number of aliphatic carboxylic acids is 1. The predicted octanol–water partition coefficient (Wildman–Crippen LogP) is 5.14. The lowest BCUT2D eigenvalue weighted by molar-refractivity contribution is -0.138. The Morgan fingerprint density at radius 3 is 2.85 bits per heavy atom. The number of hydrogen-bond acceptors (Lipinski definition) is 2. The number of carbonyl (C=O) groups is 1. The lowest BCUT2D eigenvalue weighted by Crippen LogP contribution is -2.13. The van der Waals surface area contributed by atoms with Crippen molar-refractivity contribution in [1.82, 2.24) is 4.57 Å². The Bertz CT molecular complexity index is 1000. The van der Waals surface area contributed by atoms with Gasteiger partial charge in [0.1, 0.15) is 5.75 Å². The van der Waals surface area contributed by atoms with E-state index in [-0.39, 0.29) is 0 Å². The van der Waals surface area contributed by atoms with Crippen molar-refractivity contribution in [3.05, 3.63) is 53.6 Å². The fraction of sp³-hybridized carbons (Fsp3) is 0.348. The van der Waals surface area contributed by atoms with E-state index in [1.807, 2.05) is 38.2 Å². The van der Waals surface area contributed by atoms with Gasteiger partial charge in [-0.2, -0.15) is 0 Å². The summed E-state index contributed by atoms with van der Waals surface area (Å²) in [4.78, 5) is 12.1. The predicted molar refractivity (Wildman–Crippen MR) is 107 cm³/mol. The maximum absolute atomic E-state index is 12.1. The van der Waals surface area contributed by atoms with Gasteiger partial charge in [0, 0.05) is 18.0 Å². The normalized spacial score (nSPS) is 14.6. The molecule has 27 heavy (non-hydrogen) atoms. The Morgan fingerprint density at radius 1 is 1.26 bits per heavy atom. The van der Waals surface area contributed by atoms with Crippen LogP contribution < -0.4 is 4.74 Å². The first-order valence-corrected chi connectivity index (χ1v) is 9.68. The van der Waals surface area contributed by atoms with E-state index < -0.39 is 11.9 Å². The molecule has 0 saturated heterocycles. The van der Waals surface area contributed by atoms with Gasteiger partial charge in [-0.15, -0.1) is 0 Å². The van der Waals surface area contributed by atoms with E-state index in [0.717, 1.165) is 59.3 Å². The van der Waals surface area contributed by atoms with Crippen molar-refractivity contribution in [2.24, 2.45) is 7.05 Å². The maximum atomic E-state index is 12.1. The summed E-state index contributed by atoms with van der Waals surface area (Å²) in [6.07, 6.45) is 3.48. The van der Waals surface area contributed by atoms with E-state index in [0.29, 0.717) is 6.42 Å². The molecule has 0 aliphatic carbocycles. The highest BCUT2D eigenvalue weighted by Gasteiger charge is 2.28. The third-order valence-electron chi connectivity index (χ3n) is 5.55. The number of fused-ring (bicyclic) bond motifs is 2. The summed E-state index contributed by atoms with van der Waals surface area (Å²) in [7, 11) is 2.03. The Labute approximate surface area is 159 Å². The van der Waals surface area contributed by atoms with Crippen LogP contribution in [0.5, 0.6) is 5.75 Å². The highest BCUT2D eigenvalue weighted by atomic mass is 16.5.